The molecule has 0 aromatic heterocycles. The molecule has 0 saturated heterocycles. The normalized spacial score (nSPS) is 19.5. The molecule has 0 heterocycles. The molecule has 1 atom stereocenters. The number of hydrogen-bond donors (Lipinski definition) is 2. The van der Waals surface area contributed by atoms with E-state index in [2.05, 4.69) is 60.1 Å². The fourth-order valence-corrected chi connectivity index (χ4v) is 14.4. The van der Waals surface area contributed by atoms with Gasteiger partial charge in [-0.25, -0.2) is 0 Å². The Morgan fingerprint density at radius 2 is 1.83 bits per heavy atom. The van der Waals surface area contributed by atoms with Crippen molar-refractivity contribution in [1.29, 1.82) is 0 Å². The fourth-order valence-electron chi connectivity index (χ4n) is 4.29. The summed E-state index contributed by atoms with van der Waals surface area (Å²) in [7, 11) is 1.75. The van der Waals surface area contributed by atoms with Crippen LogP contribution in [0.5, 0.6) is 0 Å². The zero-order valence-electron chi connectivity index (χ0n) is 15.3. The van der Waals surface area contributed by atoms with Gasteiger partial charge in [-0.2, -0.15) is 0 Å². The minimum atomic E-state index is -4.51. The first-order valence-electron chi connectivity index (χ1n) is 8.00. The second-order valence-corrected chi connectivity index (χ2v) is 21.1. The SMILES string of the molecule is Cl.Cl.[CH2]=[Ti]([CH3])([CH2]CO)([NH]C(C)(C)C)([O]C)[CH]1C=Cc2ccccc21. The van der Waals surface area contributed by atoms with Gasteiger partial charge >= 0.3 is 133 Å². The third-order valence-electron chi connectivity index (χ3n) is 5.26. The van der Waals surface area contributed by atoms with Gasteiger partial charge in [0.05, 0.1) is 0 Å². The van der Waals surface area contributed by atoms with Crippen LogP contribution >= 0.6 is 24.8 Å². The zero-order valence-corrected chi connectivity index (χ0v) is 18.5. The Labute approximate surface area is 157 Å². The first-order valence-corrected chi connectivity index (χ1v) is 14.1. The van der Waals surface area contributed by atoms with Gasteiger partial charge in [0.15, 0.2) is 0 Å². The van der Waals surface area contributed by atoms with Crippen LogP contribution in [0.2, 0.25) is 9.95 Å². The molecule has 1 aliphatic rings. The van der Waals surface area contributed by atoms with E-state index in [9.17, 15) is 5.11 Å². The van der Waals surface area contributed by atoms with Gasteiger partial charge in [-0.3, -0.25) is 0 Å². The molecule has 1 aromatic carbocycles. The van der Waals surface area contributed by atoms with Gasteiger partial charge in [-0.05, 0) is 0 Å². The Bertz CT molecular complexity index is 711. The van der Waals surface area contributed by atoms with Crippen molar-refractivity contribution in [3.05, 3.63) is 41.5 Å². The fraction of sp³-hybridized carbons (Fsp3) is 0.500. The summed E-state index contributed by atoms with van der Waals surface area (Å²) in [5.74, 6) is 0. The van der Waals surface area contributed by atoms with Crippen molar-refractivity contribution >= 4 is 35.7 Å². The monoisotopic (exact) mass is 412 g/mol. The first kappa shape index (κ1) is 24.0. The summed E-state index contributed by atoms with van der Waals surface area (Å²) in [6.07, 6.45) is 4.36. The second-order valence-electron chi connectivity index (χ2n) is 8.63. The molecule has 0 amide bonds. The Morgan fingerprint density at radius 3 is 2.33 bits per heavy atom. The quantitative estimate of drug-likeness (QED) is 0.695. The van der Waals surface area contributed by atoms with Gasteiger partial charge in [0.2, 0.25) is 0 Å². The van der Waals surface area contributed by atoms with E-state index >= 15 is 0 Å². The maximum atomic E-state index is 9.83. The summed E-state index contributed by atoms with van der Waals surface area (Å²) in [5.41, 5.74) is 2.31. The van der Waals surface area contributed by atoms with Crippen LogP contribution in [-0.4, -0.2) is 29.2 Å². The average Bonchev–Trinajstić information content (AvgIpc) is 2.82. The number of benzene rings is 1. The molecule has 3 nitrogen and oxygen atoms in total. The number of allylic oxidation sites excluding steroid dienone is 1. The van der Waals surface area contributed by atoms with Crippen molar-refractivity contribution < 1.29 is 22.6 Å². The molecule has 0 fully saturated rings. The van der Waals surface area contributed by atoms with Crippen molar-refractivity contribution in [1.82, 2.24) is 3.80 Å². The average molecular weight is 413 g/mol. The molecular formula is C18H32Cl2NO2Ti. The molecular weight excluding hydrogens is 381 g/mol. The van der Waals surface area contributed by atoms with Crippen LogP contribution in [0.3, 0.4) is 0 Å². The summed E-state index contributed by atoms with van der Waals surface area (Å²) in [5, 5.41) is 12.0. The molecule has 139 valence electrons. The molecule has 0 spiro atoms. The minimum absolute atomic E-state index is 0. The number of aliphatic hydroxyl groups excluding tert-OH is 1. The molecule has 24 heavy (non-hydrogen) atoms. The third-order valence-corrected chi connectivity index (χ3v) is 16.8. The number of fused-ring (bicyclic) bond motifs is 1. The Kier molecular flexibility index (Phi) is 6.96. The van der Waals surface area contributed by atoms with E-state index in [-0.39, 0.29) is 41.2 Å². The van der Waals surface area contributed by atoms with Crippen LogP contribution in [0, 0.1) is 0 Å². The van der Waals surface area contributed by atoms with Crippen molar-refractivity contribution in [3.63, 3.8) is 0 Å². The van der Waals surface area contributed by atoms with Crippen LogP contribution in [-0.2, 0) is 17.5 Å². The molecule has 2 rings (SSSR count). The summed E-state index contributed by atoms with van der Waals surface area (Å²) in [6.45, 7) is 6.46. The summed E-state index contributed by atoms with van der Waals surface area (Å²) >= 11 is -4.51. The van der Waals surface area contributed by atoms with E-state index in [0.717, 1.165) is 0 Å². The molecule has 0 saturated carbocycles. The van der Waals surface area contributed by atoms with E-state index in [0.29, 0.717) is 4.73 Å². The molecule has 0 aliphatic heterocycles. The van der Waals surface area contributed by atoms with E-state index in [1.807, 2.05) is 6.07 Å². The molecule has 1 aromatic rings. The second kappa shape index (κ2) is 6.96. The Morgan fingerprint density at radius 1 is 1.25 bits per heavy atom. The van der Waals surface area contributed by atoms with Crippen molar-refractivity contribution in [2.45, 2.75) is 40.5 Å². The van der Waals surface area contributed by atoms with Crippen molar-refractivity contribution in [2.75, 3.05) is 13.7 Å². The Balaban J connectivity index is 0.00000264. The van der Waals surface area contributed by atoms with E-state index in [1.165, 1.54) is 11.1 Å². The predicted octanol–water partition coefficient (Wildman–Crippen LogP) is 4.58. The van der Waals surface area contributed by atoms with Gasteiger partial charge in [0, 0.05) is 0 Å². The Hall–Kier alpha value is 0.00429. The summed E-state index contributed by atoms with van der Waals surface area (Å²) in [6, 6.07) is 8.38. The number of rotatable bonds is 5. The van der Waals surface area contributed by atoms with Gasteiger partial charge in [-0.1, -0.05) is 0 Å². The van der Waals surface area contributed by atoms with Crippen molar-refractivity contribution in [2.24, 2.45) is 0 Å². The van der Waals surface area contributed by atoms with Crippen LogP contribution in [0.15, 0.2) is 30.3 Å². The molecule has 1 aliphatic carbocycles. The van der Waals surface area contributed by atoms with E-state index in [1.54, 1.807) is 7.11 Å². The molecule has 1 unspecified atom stereocenters. The molecule has 2 N–H and O–H groups in total. The number of aliphatic hydroxyl groups is 1. The summed E-state index contributed by atoms with van der Waals surface area (Å²) in [4.78, 5) is 4.75. The van der Waals surface area contributed by atoms with E-state index in [4.69, 9.17) is 8.14 Å². The van der Waals surface area contributed by atoms with Crippen LogP contribution in [0.1, 0.15) is 36.1 Å². The van der Waals surface area contributed by atoms with Gasteiger partial charge < -0.3 is 0 Å². The molecule has 6 heteroatoms. The van der Waals surface area contributed by atoms with Gasteiger partial charge in [0.25, 0.3) is 0 Å². The zero-order chi connectivity index (χ0) is 16.7. The van der Waals surface area contributed by atoms with Crippen LogP contribution in [0.4, 0.5) is 0 Å². The summed E-state index contributed by atoms with van der Waals surface area (Å²) < 4.78 is 10.8. The van der Waals surface area contributed by atoms with Crippen molar-refractivity contribution in [3.8, 4) is 0 Å². The van der Waals surface area contributed by atoms with Crippen LogP contribution < -0.4 is 3.80 Å². The number of halogens is 2. The topological polar surface area (TPSA) is 41.5 Å². The maximum absolute atomic E-state index is 9.83. The van der Waals surface area contributed by atoms with Gasteiger partial charge in [0.1, 0.15) is 0 Å². The van der Waals surface area contributed by atoms with Crippen LogP contribution in [0.25, 0.3) is 6.08 Å². The number of nitrogens with one attached hydrogen (secondary N) is 1. The predicted molar refractivity (Wildman–Crippen MR) is 107 cm³/mol. The van der Waals surface area contributed by atoms with Gasteiger partial charge in [-0.15, -0.1) is 24.8 Å². The number of hydrogen-bond acceptors (Lipinski definition) is 3. The third kappa shape index (κ3) is 4.04. The van der Waals surface area contributed by atoms with E-state index < -0.39 is 14.2 Å². The standard InChI is InChI=1S/C9H7.C4H10N.C2H5O.CH3O.CH3.CH2.2ClH.Ti/c1-2-5-9-7-3-6-8(9)4-1;1-4(2,3)5;1-2-3;1-2;;;;;/h1-7H;5H,1-3H3;3H,1-2H2;1H3;1H3;1H2;2*1H;/q;-1;;-1;;;;;+2. The molecule has 0 bridgehead atoms. The molecule has 0 radical (unpaired) electrons. The first-order chi connectivity index (χ1) is 9.99.